The molecule has 2 aromatic carbocycles. The SMILES string of the molecule is COc1cccc(N2CCc3ccccc32)c1N. The van der Waals surface area contributed by atoms with Crippen molar-refractivity contribution in [3.63, 3.8) is 0 Å². The number of rotatable bonds is 2. The van der Waals surface area contributed by atoms with Crippen LogP contribution in [0.2, 0.25) is 0 Å². The summed E-state index contributed by atoms with van der Waals surface area (Å²) < 4.78 is 5.28. The van der Waals surface area contributed by atoms with Gasteiger partial charge in [0.05, 0.1) is 18.5 Å². The van der Waals surface area contributed by atoms with E-state index in [1.54, 1.807) is 7.11 Å². The Labute approximate surface area is 107 Å². The molecule has 1 heterocycles. The van der Waals surface area contributed by atoms with Crippen molar-refractivity contribution in [2.24, 2.45) is 0 Å². The highest BCUT2D eigenvalue weighted by Gasteiger charge is 2.22. The summed E-state index contributed by atoms with van der Waals surface area (Å²) >= 11 is 0. The Morgan fingerprint density at radius 2 is 1.83 bits per heavy atom. The van der Waals surface area contributed by atoms with E-state index >= 15 is 0 Å². The molecule has 1 aliphatic rings. The molecule has 0 unspecified atom stereocenters. The van der Waals surface area contributed by atoms with Crippen molar-refractivity contribution >= 4 is 17.1 Å². The zero-order chi connectivity index (χ0) is 12.5. The molecule has 3 nitrogen and oxygen atoms in total. The molecule has 0 aromatic heterocycles. The Balaban J connectivity index is 2.08. The van der Waals surface area contributed by atoms with Crippen LogP contribution in [0, 0.1) is 0 Å². The Bertz CT molecular complexity index is 580. The van der Waals surface area contributed by atoms with Gasteiger partial charge in [0, 0.05) is 12.2 Å². The van der Waals surface area contributed by atoms with Crippen molar-refractivity contribution in [1.82, 2.24) is 0 Å². The van der Waals surface area contributed by atoms with Gasteiger partial charge in [-0.3, -0.25) is 0 Å². The van der Waals surface area contributed by atoms with Gasteiger partial charge in [-0.2, -0.15) is 0 Å². The first kappa shape index (κ1) is 11.0. The maximum Gasteiger partial charge on any atom is 0.143 e. The zero-order valence-corrected chi connectivity index (χ0v) is 10.4. The molecule has 0 spiro atoms. The lowest BCUT2D eigenvalue weighted by molar-refractivity contribution is 0.417. The molecular weight excluding hydrogens is 224 g/mol. The van der Waals surface area contributed by atoms with Crippen molar-refractivity contribution in [2.45, 2.75) is 6.42 Å². The summed E-state index contributed by atoms with van der Waals surface area (Å²) in [5, 5.41) is 0. The molecule has 0 fully saturated rings. The third-order valence-electron chi connectivity index (χ3n) is 3.44. The maximum atomic E-state index is 6.16. The third-order valence-corrected chi connectivity index (χ3v) is 3.44. The number of ether oxygens (including phenoxy) is 1. The van der Waals surface area contributed by atoms with E-state index in [-0.39, 0.29) is 0 Å². The average molecular weight is 240 g/mol. The fourth-order valence-corrected chi connectivity index (χ4v) is 2.53. The van der Waals surface area contributed by atoms with Crippen LogP contribution < -0.4 is 15.4 Å². The first-order valence-electron chi connectivity index (χ1n) is 6.09. The number of nitrogens with zero attached hydrogens (tertiary/aromatic N) is 1. The van der Waals surface area contributed by atoms with Gasteiger partial charge in [0.1, 0.15) is 5.75 Å². The number of nitrogen functional groups attached to an aromatic ring is 1. The van der Waals surface area contributed by atoms with Gasteiger partial charge in [-0.05, 0) is 30.2 Å². The predicted octanol–water partition coefficient (Wildman–Crippen LogP) is 2.97. The highest BCUT2D eigenvalue weighted by molar-refractivity contribution is 5.81. The number of methoxy groups -OCH3 is 1. The second-order valence-corrected chi connectivity index (χ2v) is 4.42. The van der Waals surface area contributed by atoms with Crippen LogP contribution in [0.25, 0.3) is 0 Å². The van der Waals surface area contributed by atoms with Crippen molar-refractivity contribution in [2.75, 3.05) is 24.3 Å². The highest BCUT2D eigenvalue weighted by atomic mass is 16.5. The van der Waals surface area contributed by atoms with Gasteiger partial charge in [0.25, 0.3) is 0 Å². The van der Waals surface area contributed by atoms with Crippen LogP contribution in [-0.2, 0) is 6.42 Å². The zero-order valence-electron chi connectivity index (χ0n) is 10.4. The van der Waals surface area contributed by atoms with Gasteiger partial charge in [-0.15, -0.1) is 0 Å². The minimum atomic E-state index is 0.705. The number of para-hydroxylation sites is 2. The molecule has 18 heavy (non-hydrogen) atoms. The van der Waals surface area contributed by atoms with Gasteiger partial charge in [0.15, 0.2) is 0 Å². The van der Waals surface area contributed by atoms with Gasteiger partial charge < -0.3 is 15.4 Å². The van der Waals surface area contributed by atoms with Crippen LogP contribution >= 0.6 is 0 Å². The van der Waals surface area contributed by atoms with Gasteiger partial charge >= 0.3 is 0 Å². The van der Waals surface area contributed by atoms with E-state index in [4.69, 9.17) is 10.5 Å². The standard InChI is InChI=1S/C15H16N2O/c1-18-14-8-4-7-13(15(14)16)17-10-9-11-5-2-3-6-12(11)17/h2-8H,9-10,16H2,1H3. The smallest absolute Gasteiger partial charge is 0.143 e. The summed E-state index contributed by atoms with van der Waals surface area (Å²) in [6.45, 7) is 0.969. The van der Waals surface area contributed by atoms with E-state index in [0.717, 1.165) is 24.4 Å². The lowest BCUT2D eigenvalue weighted by Crippen LogP contribution is -2.15. The molecule has 0 saturated heterocycles. The normalized spacial score (nSPS) is 13.5. The van der Waals surface area contributed by atoms with E-state index < -0.39 is 0 Å². The number of anilines is 3. The predicted molar refractivity (Wildman–Crippen MR) is 74.6 cm³/mol. The Morgan fingerprint density at radius 3 is 2.67 bits per heavy atom. The quantitative estimate of drug-likeness (QED) is 0.820. The molecule has 0 amide bonds. The van der Waals surface area contributed by atoms with E-state index in [9.17, 15) is 0 Å². The van der Waals surface area contributed by atoms with Crippen molar-refractivity contribution in [1.29, 1.82) is 0 Å². The highest BCUT2D eigenvalue weighted by Crippen LogP contribution is 2.40. The third kappa shape index (κ3) is 1.59. The monoisotopic (exact) mass is 240 g/mol. The minimum Gasteiger partial charge on any atom is -0.495 e. The van der Waals surface area contributed by atoms with Crippen LogP contribution in [0.15, 0.2) is 42.5 Å². The molecule has 3 rings (SSSR count). The molecule has 3 heteroatoms. The molecule has 2 aromatic rings. The maximum absolute atomic E-state index is 6.16. The number of hydrogen-bond acceptors (Lipinski definition) is 3. The molecule has 1 aliphatic heterocycles. The second kappa shape index (κ2) is 4.26. The van der Waals surface area contributed by atoms with Crippen molar-refractivity contribution < 1.29 is 4.74 Å². The van der Waals surface area contributed by atoms with Crippen LogP contribution in [0.3, 0.4) is 0 Å². The summed E-state index contributed by atoms with van der Waals surface area (Å²) in [7, 11) is 1.65. The van der Waals surface area contributed by atoms with E-state index in [0.29, 0.717) is 5.69 Å². The summed E-state index contributed by atoms with van der Waals surface area (Å²) in [4.78, 5) is 2.26. The van der Waals surface area contributed by atoms with Crippen LogP contribution in [-0.4, -0.2) is 13.7 Å². The van der Waals surface area contributed by atoms with Gasteiger partial charge in [-0.25, -0.2) is 0 Å². The molecule has 2 N–H and O–H groups in total. The summed E-state index contributed by atoms with van der Waals surface area (Å²) in [5.41, 5.74) is 10.5. The molecule has 0 radical (unpaired) electrons. The Hall–Kier alpha value is -2.16. The summed E-state index contributed by atoms with van der Waals surface area (Å²) in [5.74, 6) is 0.733. The number of benzene rings is 2. The average Bonchev–Trinajstić information content (AvgIpc) is 2.83. The molecule has 0 atom stereocenters. The lowest BCUT2D eigenvalue weighted by Gasteiger charge is -2.22. The Morgan fingerprint density at radius 1 is 1.06 bits per heavy atom. The first-order chi connectivity index (χ1) is 8.81. The fourth-order valence-electron chi connectivity index (χ4n) is 2.53. The molecule has 0 aliphatic carbocycles. The van der Waals surface area contributed by atoms with Gasteiger partial charge in [0.2, 0.25) is 0 Å². The topological polar surface area (TPSA) is 38.5 Å². The largest absolute Gasteiger partial charge is 0.495 e. The lowest BCUT2D eigenvalue weighted by atomic mass is 10.1. The van der Waals surface area contributed by atoms with Crippen LogP contribution in [0.5, 0.6) is 5.75 Å². The minimum absolute atomic E-state index is 0.705. The van der Waals surface area contributed by atoms with Crippen molar-refractivity contribution in [3.05, 3.63) is 48.0 Å². The number of nitrogens with two attached hydrogens (primary N) is 1. The summed E-state index contributed by atoms with van der Waals surface area (Å²) in [6, 6.07) is 14.4. The van der Waals surface area contributed by atoms with Crippen molar-refractivity contribution in [3.8, 4) is 5.75 Å². The first-order valence-corrected chi connectivity index (χ1v) is 6.09. The Kier molecular flexibility index (Phi) is 2.59. The number of hydrogen-bond donors (Lipinski definition) is 1. The molecule has 0 bridgehead atoms. The molecule has 0 saturated carbocycles. The fraction of sp³-hybridized carbons (Fsp3) is 0.200. The summed E-state index contributed by atoms with van der Waals surface area (Å²) in [6.07, 6.45) is 1.06. The van der Waals surface area contributed by atoms with Crippen LogP contribution in [0.4, 0.5) is 17.1 Å². The van der Waals surface area contributed by atoms with E-state index in [2.05, 4.69) is 29.2 Å². The van der Waals surface area contributed by atoms with E-state index in [1.807, 2.05) is 18.2 Å². The van der Waals surface area contributed by atoms with Gasteiger partial charge in [-0.1, -0.05) is 24.3 Å². The van der Waals surface area contributed by atoms with E-state index in [1.165, 1.54) is 11.3 Å². The molecule has 92 valence electrons. The second-order valence-electron chi connectivity index (χ2n) is 4.42. The van der Waals surface area contributed by atoms with Crippen LogP contribution in [0.1, 0.15) is 5.56 Å². The number of fused-ring (bicyclic) bond motifs is 1. The molecular formula is C15H16N2O.